The summed E-state index contributed by atoms with van der Waals surface area (Å²) in [7, 11) is 2.25. The van der Waals surface area contributed by atoms with E-state index in [0.29, 0.717) is 0 Å². The highest BCUT2D eigenvalue weighted by molar-refractivity contribution is 5.77. The van der Waals surface area contributed by atoms with E-state index >= 15 is 0 Å². The minimum absolute atomic E-state index is 0.0504. The van der Waals surface area contributed by atoms with E-state index in [1.54, 1.807) is 0 Å². The summed E-state index contributed by atoms with van der Waals surface area (Å²) in [6.45, 7) is 14.5. The smallest absolute Gasteiger partial charge is 0.0452 e. The Bertz CT molecular complexity index is 858. The fourth-order valence-corrected chi connectivity index (χ4v) is 6.14. The number of fused-ring (bicyclic) bond motifs is 2. The van der Waals surface area contributed by atoms with Crippen LogP contribution in [0.1, 0.15) is 44.2 Å². The molecule has 0 aliphatic carbocycles. The maximum atomic E-state index is 2.75. The summed E-state index contributed by atoms with van der Waals surface area (Å²) in [5.41, 5.74) is 5.74. The van der Waals surface area contributed by atoms with Gasteiger partial charge in [-0.3, -0.25) is 4.90 Å². The van der Waals surface area contributed by atoms with Crippen LogP contribution in [0.5, 0.6) is 0 Å². The second-order valence-electron chi connectivity index (χ2n) is 10.6. The van der Waals surface area contributed by atoms with Crippen molar-refractivity contribution in [2.24, 2.45) is 0 Å². The van der Waals surface area contributed by atoms with Gasteiger partial charge in [-0.15, -0.1) is 0 Å². The van der Waals surface area contributed by atoms with Crippen molar-refractivity contribution in [1.82, 2.24) is 14.7 Å². The SMILES string of the molecule is CN1CCN(C2CCN(CCCN3c4ccccc4C(C)(C)c4ccccc43)CC2)CC1. The van der Waals surface area contributed by atoms with Gasteiger partial charge < -0.3 is 14.7 Å². The van der Waals surface area contributed by atoms with Crippen molar-refractivity contribution in [1.29, 1.82) is 0 Å². The van der Waals surface area contributed by atoms with Crippen LogP contribution in [0.4, 0.5) is 11.4 Å². The molecule has 2 aromatic carbocycles. The minimum atomic E-state index is 0.0504. The topological polar surface area (TPSA) is 13.0 Å². The third-order valence-electron chi connectivity index (χ3n) is 8.20. The molecule has 0 N–H and O–H groups in total. The van der Waals surface area contributed by atoms with E-state index in [0.717, 1.165) is 12.6 Å². The molecular weight excluding hydrogens is 392 g/mol. The number of benzene rings is 2. The zero-order chi connectivity index (χ0) is 22.1. The van der Waals surface area contributed by atoms with Gasteiger partial charge in [-0.2, -0.15) is 0 Å². The Labute approximate surface area is 194 Å². The summed E-state index contributed by atoms with van der Waals surface area (Å²) < 4.78 is 0. The Morgan fingerprint density at radius 1 is 0.750 bits per heavy atom. The van der Waals surface area contributed by atoms with Crippen LogP contribution in [0, 0.1) is 0 Å². The average molecular weight is 433 g/mol. The normalized spacial score (nSPS) is 22.5. The second-order valence-corrected chi connectivity index (χ2v) is 10.6. The van der Waals surface area contributed by atoms with Crippen molar-refractivity contribution in [3.63, 3.8) is 0 Å². The summed E-state index contributed by atoms with van der Waals surface area (Å²) in [6.07, 6.45) is 3.89. The third kappa shape index (κ3) is 4.21. The van der Waals surface area contributed by atoms with Crippen LogP contribution in [0.3, 0.4) is 0 Å². The zero-order valence-electron chi connectivity index (χ0n) is 20.3. The van der Waals surface area contributed by atoms with Crippen LogP contribution >= 0.6 is 0 Å². The van der Waals surface area contributed by atoms with Gasteiger partial charge in [0.2, 0.25) is 0 Å². The first kappa shape index (κ1) is 21.9. The summed E-state index contributed by atoms with van der Waals surface area (Å²) >= 11 is 0. The average Bonchev–Trinajstić information content (AvgIpc) is 2.82. The van der Waals surface area contributed by atoms with Crippen molar-refractivity contribution in [3.8, 4) is 0 Å². The summed E-state index contributed by atoms with van der Waals surface area (Å²) in [5.74, 6) is 0. The maximum absolute atomic E-state index is 2.75. The molecule has 0 atom stereocenters. The highest BCUT2D eigenvalue weighted by atomic mass is 15.3. The zero-order valence-corrected chi connectivity index (χ0v) is 20.3. The Balaban J connectivity index is 1.19. The maximum Gasteiger partial charge on any atom is 0.0452 e. The Morgan fingerprint density at radius 2 is 1.31 bits per heavy atom. The summed E-state index contributed by atoms with van der Waals surface area (Å²) in [4.78, 5) is 10.5. The number of likely N-dealkylation sites (tertiary alicyclic amines) is 1. The van der Waals surface area contributed by atoms with Crippen LogP contribution in [0.2, 0.25) is 0 Å². The van der Waals surface area contributed by atoms with Crippen molar-refractivity contribution in [2.45, 2.75) is 44.6 Å². The molecule has 4 heteroatoms. The number of hydrogen-bond acceptors (Lipinski definition) is 4. The first-order valence-corrected chi connectivity index (χ1v) is 12.7. The van der Waals surface area contributed by atoms with Gasteiger partial charge in [0.1, 0.15) is 0 Å². The molecule has 0 amide bonds. The number of hydrogen-bond donors (Lipinski definition) is 0. The number of piperidine rings is 1. The second kappa shape index (κ2) is 9.17. The molecule has 4 nitrogen and oxygen atoms in total. The molecule has 3 aliphatic heterocycles. The fourth-order valence-electron chi connectivity index (χ4n) is 6.14. The van der Waals surface area contributed by atoms with Gasteiger partial charge in [-0.25, -0.2) is 0 Å². The lowest BCUT2D eigenvalue weighted by molar-refractivity contribution is 0.0677. The van der Waals surface area contributed by atoms with Crippen LogP contribution in [-0.2, 0) is 5.41 Å². The van der Waals surface area contributed by atoms with Crippen LogP contribution in [0.15, 0.2) is 48.5 Å². The fraction of sp³-hybridized carbons (Fsp3) is 0.571. The van der Waals surface area contributed by atoms with Gasteiger partial charge >= 0.3 is 0 Å². The molecule has 32 heavy (non-hydrogen) atoms. The largest absolute Gasteiger partial charge is 0.341 e. The molecule has 2 saturated heterocycles. The lowest BCUT2D eigenvalue weighted by Gasteiger charge is -2.43. The van der Waals surface area contributed by atoms with Gasteiger partial charge in [-0.05, 0) is 69.2 Å². The number of piperazine rings is 1. The Kier molecular flexibility index (Phi) is 6.28. The first-order valence-electron chi connectivity index (χ1n) is 12.7. The number of rotatable bonds is 5. The number of para-hydroxylation sites is 2. The highest BCUT2D eigenvalue weighted by Gasteiger charge is 2.35. The van der Waals surface area contributed by atoms with Gasteiger partial charge in [0.25, 0.3) is 0 Å². The van der Waals surface area contributed by atoms with E-state index in [4.69, 9.17) is 0 Å². The molecule has 0 radical (unpaired) electrons. The van der Waals surface area contributed by atoms with E-state index in [1.807, 2.05) is 0 Å². The van der Waals surface area contributed by atoms with E-state index in [2.05, 4.69) is 89.0 Å². The summed E-state index contributed by atoms with van der Waals surface area (Å²) in [5, 5.41) is 0. The molecule has 0 aromatic heterocycles. The lowest BCUT2D eigenvalue weighted by Crippen LogP contribution is -2.52. The number of anilines is 2. The monoisotopic (exact) mass is 432 g/mol. The quantitative estimate of drug-likeness (QED) is 0.686. The van der Waals surface area contributed by atoms with Gasteiger partial charge in [-0.1, -0.05) is 50.2 Å². The van der Waals surface area contributed by atoms with E-state index in [1.165, 1.54) is 87.6 Å². The molecule has 2 fully saturated rings. The molecule has 0 saturated carbocycles. The molecule has 0 unspecified atom stereocenters. The predicted molar refractivity (Wildman–Crippen MR) is 135 cm³/mol. The molecule has 5 rings (SSSR count). The van der Waals surface area contributed by atoms with E-state index in [-0.39, 0.29) is 5.41 Å². The number of nitrogens with zero attached hydrogens (tertiary/aromatic N) is 4. The van der Waals surface area contributed by atoms with Gasteiger partial charge in [0, 0.05) is 55.6 Å². The van der Waals surface area contributed by atoms with Gasteiger partial charge in [0.15, 0.2) is 0 Å². The number of likely N-dealkylation sites (N-methyl/N-ethyl adjacent to an activating group) is 1. The minimum Gasteiger partial charge on any atom is -0.341 e. The van der Waals surface area contributed by atoms with Crippen LogP contribution < -0.4 is 4.90 Å². The molecule has 0 bridgehead atoms. The third-order valence-corrected chi connectivity index (χ3v) is 8.20. The van der Waals surface area contributed by atoms with Gasteiger partial charge in [0.05, 0.1) is 0 Å². The van der Waals surface area contributed by atoms with Crippen molar-refractivity contribution < 1.29 is 0 Å². The van der Waals surface area contributed by atoms with E-state index < -0.39 is 0 Å². The standard InChI is InChI=1S/C28H40N4/c1-28(2)24-9-4-6-11-26(24)32(27-12-7-5-10-25(27)28)16-8-15-30-17-13-23(14-18-30)31-21-19-29(3)20-22-31/h4-7,9-12,23H,8,13-22H2,1-3H3. The van der Waals surface area contributed by atoms with Crippen LogP contribution in [0.25, 0.3) is 0 Å². The van der Waals surface area contributed by atoms with E-state index in [9.17, 15) is 0 Å². The highest BCUT2D eigenvalue weighted by Crippen LogP contribution is 2.48. The molecule has 172 valence electrons. The van der Waals surface area contributed by atoms with Crippen molar-refractivity contribution in [2.75, 3.05) is 64.3 Å². The molecule has 2 aromatic rings. The lowest BCUT2D eigenvalue weighted by atomic mass is 9.73. The first-order chi connectivity index (χ1) is 15.5. The summed E-state index contributed by atoms with van der Waals surface area (Å²) in [6, 6.07) is 18.8. The molecular formula is C28H40N4. The predicted octanol–water partition coefficient (Wildman–Crippen LogP) is 4.57. The Morgan fingerprint density at radius 3 is 1.91 bits per heavy atom. The molecule has 3 heterocycles. The molecule has 3 aliphatic rings. The Hall–Kier alpha value is -1.88. The molecule has 0 spiro atoms. The van der Waals surface area contributed by atoms with Crippen molar-refractivity contribution >= 4 is 11.4 Å². The van der Waals surface area contributed by atoms with Crippen LogP contribution in [-0.4, -0.2) is 80.1 Å². The van der Waals surface area contributed by atoms with Crippen molar-refractivity contribution in [3.05, 3.63) is 59.7 Å².